The van der Waals surface area contributed by atoms with Crippen LogP contribution in [0.25, 0.3) is 0 Å². The van der Waals surface area contributed by atoms with Gasteiger partial charge in [0.1, 0.15) is 0 Å². The molecule has 0 amide bonds. The highest BCUT2D eigenvalue weighted by Crippen LogP contribution is 2.23. The molecule has 0 aliphatic carbocycles. The third-order valence-corrected chi connectivity index (χ3v) is 4.89. The van der Waals surface area contributed by atoms with E-state index in [1.807, 2.05) is 36.5 Å². The van der Waals surface area contributed by atoms with Crippen LogP contribution in [-0.4, -0.2) is 22.7 Å². The Hall–Kier alpha value is -1.23. The van der Waals surface area contributed by atoms with Gasteiger partial charge in [0.25, 0.3) is 0 Å². The summed E-state index contributed by atoms with van der Waals surface area (Å²) in [6.07, 6.45) is 2.65. The molecule has 114 valence electrons. The molecule has 2 aromatic rings. The van der Waals surface area contributed by atoms with Crippen molar-refractivity contribution in [2.75, 3.05) is 6.54 Å². The van der Waals surface area contributed by atoms with E-state index < -0.39 is 0 Å². The summed E-state index contributed by atoms with van der Waals surface area (Å²) in [5, 5.41) is 5.79. The molecule has 1 aliphatic heterocycles. The molecular formula is C16H15Cl2N3S. The van der Waals surface area contributed by atoms with Gasteiger partial charge in [0.15, 0.2) is 5.17 Å². The molecule has 0 radical (unpaired) electrons. The number of nitrogens with one attached hydrogen (secondary N) is 1. The number of hydrogen-bond donors (Lipinski definition) is 1. The molecule has 0 bridgehead atoms. The van der Waals surface area contributed by atoms with Crippen LogP contribution in [0.15, 0.2) is 47.6 Å². The Morgan fingerprint density at radius 2 is 2.14 bits per heavy atom. The van der Waals surface area contributed by atoms with E-state index in [4.69, 9.17) is 23.2 Å². The van der Waals surface area contributed by atoms with Gasteiger partial charge in [-0.3, -0.25) is 9.98 Å². The molecule has 0 saturated carbocycles. The van der Waals surface area contributed by atoms with E-state index in [0.717, 1.165) is 35.1 Å². The van der Waals surface area contributed by atoms with Crippen LogP contribution in [0.2, 0.25) is 10.0 Å². The molecule has 1 atom stereocenters. The van der Waals surface area contributed by atoms with Gasteiger partial charge in [-0.15, -0.1) is 0 Å². The number of hydrogen-bond acceptors (Lipinski definition) is 4. The highest BCUT2D eigenvalue weighted by atomic mass is 35.5. The summed E-state index contributed by atoms with van der Waals surface area (Å²) in [5.41, 5.74) is 2.15. The van der Waals surface area contributed by atoms with Crippen molar-refractivity contribution >= 4 is 40.1 Å². The van der Waals surface area contributed by atoms with Crippen LogP contribution in [-0.2, 0) is 12.2 Å². The molecule has 1 aliphatic rings. The number of pyridine rings is 1. The minimum atomic E-state index is 0.282. The van der Waals surface area contributed by atoms with Gasteiger partial charge in [-0.05, 0) is 36.2 Å². The van der Waals surface area contributed by atoms with Crippen molar-refractivity contribution in [3.8, 4) is 0 Å². The van der Waals surface area contributed by atoms with E-state index in [-0.39, 0.29) is 6.04 Å². The van der Waals surface area contributed by atoms with Crippen molar-refractivity contribution in [3.05, 3.63) is 63.9 Å². The predicted molar refractivity (Wildman–Crippen MR) is 94.9 cm³/mol. The molecule has 0 saturated heterocycles. The predicted octanol–water partition coefficient (Wildman–Crippen LogP) is 4.19. The van der Waals surface area contributed by atoms with Crippen molar-refractivity contribution < 1.29 is 0 Å². The molecule has 3 rings (SSSR count). The second kappa shape index (κ2) is 7.36. The van der Waals surface area contributed by atoms with Crippen LogP contribution >= 0.6 is 35.0 Å². The fourth-order valence-corrected chi connectivity index (χ4v) is 3.60. The fraction of sp³-hybridized carbons (Fsp3) is 0.250. The number of rotatable bonds is 4. The minimum absolute atomic E-state index is 0.282. The Labute approximate surface area is 144 Å². The summed E-state index contributed by atoms with van der Waals surface area (Å²) in [6.45, 7) is 0.767. The maximum atomic E-state index is 6.22. The molecule has 1 aromatic carbocycles. The average molecular weight is 352 g/mol. The van der Waals surface area contributed by atoms with Crippen LogP contribution in [0.5, 0.6) is 0 Å². The van der Waals surface area contributed by atoms with Gasteiger partial charge in [0.05, 0.1) is 18.3 Å². The van der Waals surface area contributed by atoms with E-state index >= 15 is 0 Å². The van der Waals surface area contributed by atoms with Crippen LogP contribution in [0, 0.1) is 0 Å². The van der Waals surface area contributed by atoms with Crippen molar-refractivity contribution in [1.82, 2.24) is 10.3 Å². The zero-order chi connectivity index (χ0) is 15.4. The van der Waals surface area contributed by atoms with Gasteiger partial charge < -0.3 is 5.32 Å². The van der Waals surface area contributed by atoms with Gasteiger partial charge in [-0.2, -0.15) is 0 Å². The summed E-state index contributed by atoms with van der Waals surface area (Å²) in [4.78, 5) is 8.86. The number of benzene rings is 1. The Kier molecular flexibility index (Phi) is 5.24. The lowest BCUT2D eigenvalue weighted by atomic mass is 10.1. The smallest absolute Gasteiger partial charge is 0.157 e. The summed E-state index contributed by atoms with van der Waals surface area (Å²) in [7, 11) is 0. The lowest BCUT2D eigenvalue weighted by Crippen LogP contribution is -2.30. The van der Waals surface area contributed by atoms with Crippen molar-refractivity contribution in [2.45, 2.75) is 18.2 Å². The molecule has 1 unspecified atom stereocenters. The molecular weight excluding hydrogens is 337 g/mol. The van der Waals surface area contributed by atoms with Crippen LogP contribution in [0.4, 0.5) is 0 Å². The monoisotopic (exact) mass is 351 g/mol. The minimum Gasteiger partial charge on any atom is -0.360 e. The Morgan fingerprint density at radius 3 is 2.91 bits per heavy atom. The maximum absolute atomic E-state index is 6.22. The topological polar surface area (TPSA) is 37.3 Å². The van der Waals surface area contributed by atoms with Gasteiger partial charge >= 0.3 is 0 Å². The summed E-state index contributed by atoms with van der Waals surface area (Å²) in [5.74, 6) is 0.821. The molecule has 1 N–H and O–H groups in total. The second-order valence-electron chi connectivity index (χ2n) is 5.04. The fourth-order valence-electron chi connectivity index (χ4n) is 2.24. The molecule has 2 heterocycles. The SMILES string of the molecule is Clc1ccc(CC2CN=C(SCc3ccccn3)N2)c(Cl)c1. The molecule has 6 heteroatoms. The first-order valence-corrected chi connectivity index (χ1v) is 8.72. The van der Waals surface area contributed by atoms with E-state index in [1.165, 1.54) is 0 Å². The highest BCUT2D eigenvalue weighted by molar-refractivity contribution is 8.13. The summed E-state index contributed by atoms with van der Waals surface area (Å²) < 4.78 is 0. The van der Waals surface area contributed by atoms with Gasteiger partial charge in [-0.25, -0.2) is 0 Å². The number of nitrogens with zero attached hydrogens (tertiary/aromatic N) is 2. The zero-order valence-corrected chi connectivity index (χ0v) is 14.1. The van der Waals surface area contributed by atoms with E-state index in [9.17, 15) is 0 Å². The van der Waals surface area contributed by atoms with Crippen molar-refractivity contribution in [1.29, 1.82) is 0 Å². The highest BCUT2D eigenvalue weighted by Gasteiger charge is 2.19. The van der Waals surface area contributed by atoms with Crippen molar-refractivity contribution in [3.63, 3.8) is 0 Å². The van der Waals surface area contributed by atoms with Gasteiger partial charge in [0.2, 0.25) is 0 Å². The molecule has 22 heavy (non-hydrogen) atoms. The number of halogens is 2. The summed E-state index contributed by atoms with van der Waals surface area (Å²) >= 11 is 13.8. The number of amidine groups is 1. The lowest BCUT2D eigenvalue weighted by molar-refractivity contribution is 0.656. The normalized spacial score (nSPS) is 17.2. The van der Waals surface area contributed by atoms with E-state index in [1.54, 1.807) is 17.8 Å². The van der Waals surface area contributed by atoms with Gasteiger partial charge in [0, 0.05) is 22.0 Å². The first-order valence-electron chi connectivity index (χ1n) is 6.98. The van der Waals surface area contributed by atoms with Crippen LogP contribution in [0.3, 0.4) is 0 Å². The lowest BCUT2D eigenvalue weighted by Gasteiger charge is -2.13. The summed E-state index contributed by atoms with van der Waals surface area (Å²) in [6, 6.07) is 11.9. The van der Waals surface area contributed by atoms with E-state index in [2.05, 4.69) is 15.3 Å². The van der Waals surface area contributed by atoms with E-state index in [0.29, 0.717) is 10.0 Å². The second-order valence-corrected chi connectivity index (χ2v) is 6.84. The number of aromatic nitrogens is 1. The Bertz CT molecular complexity index is 676. The molecule has 0 fully saturated rings. The standard InChI is InChI=1S/C16H15Cl2N3S/c17-12-5-4-11(15(18)8-12)7-14-9-20-16(21-14)22-10-13-3-1-2-6-19-13/h1-6,8,14H,7,9-10H2,(H,20,21). The zero-order valence-electron chi connectivity index (χ0n) is 11.8. The van der Waals surface area contributed by atoms with Crippen molar-refractivity contribution in [2.24, 2.45) is 4.99 Å². The molecule has 3 nitrogen and oxygen atoms in total. The largest absolute Gasteiger partial charge is 0.360 e. The number of thioether (sulfide) groups is 1. The molecule has 0 spiro atoms. The third kappa shape index (κ3) is 4.15. The molecule has 1 aromatic heterocycles. The Morgan fingerprint density at radius 1 is 1.23 bits per heavy atom. The average Bonchev–Trinajstić information content (AvgIpc) is 2.97. The quantitative estimate of drug-likeness (QED) is 0.896. The maximum Gasteiger partial charge on any atom is 0.157 e. The van der Waals surface area contributed by atoms with Crippen LogP contribution < -0.4 is 5.32 Å². The van der Waals surface area contributed by atoms with Gasteiger partial charge in [-0.1, -0.05) is 47.1 Å². The first kappa shape index (κ1) is 15.7. The Balaban J connectivity index is 1.51. The number of aliphatic imine (C=N–C) groups is 1. The third-order valence-electron chi connectivity index (χ3n) is 3.35. The first-order chi connectivity index (χ1) is 10.7. The van der Waals surface area contributed by atoms with Crippen LogP contribution in [0.1, 0.15) is 11.3 Å².